The Morgan fingerprint density at radius 2 is 1.14 bits per heavy atom. The molecule has 8 heterocycles. The standard InChI is InChI=1S/C18H15N2.C17H12N.C16H12N2O.C12H7F3N.C11H8N.C9H6NS.C5H8O2.5Ir.Pt/c1-18(2)16-7-4-3-6-14(16)15-9-8-13(12-17(15)18)20-11-5-10-19-20;1-2-7-14(8-3-1)15-9-6-10-16(13-15)17-11-4-5-12-18-17;1-17-9-10-18(11-17)14-7-4-6-13-12-5-2-3-8-15(12)19-16(13)14;13-12(14,15)10-6-4-9(5-7-10)11-3-1-2-8-16-11;1-2-6-10(7-3-1)11-8-4-5-9-12-11;1-2-6-10-8(4-1)9-5-3-7-11-9;1-4(6)3-5(2)7;;;;;;/h3-7,9-12H,1-2H3;1-9,11-13H;2-6,8-11H,1H3;1-4,6-8H;1-6,8-9H;1-4,6-7H;3,6H,1-2H3;;;;;;/q2*-1;-2;3*-1;;;;;;;. The number of pyridine rings is 4. The molecular formula is C88H68F3Ir5N8O3PtS-7. The molecule has 21 heteroatoms. The van der Waals surface area contributed by atoms with Crippen LogP contribution in [0.15, 0.2) is 320 Å². The van der Waals surface area contributed by atoms with E-state index < -0.39 is 11.7 Å². The number of rotatable bonds is 8. The first-order valence-corrected chi connectivity index (χ1v) is 33.6. The molecule has 8 aromatic carbocycles. The normalized spacial score (nSPS) is 11.5. The molecule has 11 nitrogen and oxygen atoms in total. The van der Waals surface area contributed by atoms with Gasteiger partial charge in [0.15, 0.2) is 5.78 Å². The number of benzene rings is 8. The van der Waals surface area contributed by atoms with Gasteiger partial charge < -0.3 is 39.3 Å². The molecule has 5 radical (unpaired) electrons. The zero-order chi connectivity index (χ0) is 72.0. The van der Waals surface area contributed by atoms with Crippen molar-refractivity contribution in [3.63, 3.8) is 0 Å². The van der Waals surface area contributed by atoms with E-state index in [0.29, 0.717) is 11.3 Å². The summed E-state index contributed by atoms with van der Waals surface area (Å²) in [7, 11) is 2.00. The maximum Gasteiger partial charge on any atom is 0.381 e. The average Bonchev–Trinajstić information content (AvgIpc) is 1.60. The monoisotopic (exact) mass is 2530 g/mol. The maximum atomic E-state index is 12.3. The van der Waals surface area contributed by atoms with Crippen molar-refractivity contribution in [1.82, 2.24) is 34.6 Å². The largest absolute Gasteiger partial charge is 0.514 e. The molecule has 0 saturated heterocycles. The molecule has 567 valence electrons. The van der Waals surface area contributed by atoms with E-state index in [1.165, 1.54) is 59.4 Å². The number of halogens is 3. The van der Waals surface area contributed by atoms with Crippen molar-refractivity contribution < 1.29 is 149 Å². The fourth-order valence-corrected chi connectivity index (χ4v) is 11.7. The molecule has 15 aromatic rings. The number of aliphatic hydroxyl groups excluding tert-OH is 1. The Labute approximate surface area is 720 Å². The van der Waals surface area contributed by atoms with Crippen molar-refractivity contribution in [1.29, 1.82) is 0 Å². The second-order valence-corrected chi connectivity index (χ2v) is 24.6. The van der Waals surface area contributed by atoms with Crippen molar-refractivity contribution in [2.45, 2.75) is 39.3 Å². The minimum Gasteiger partial charge on any atom is -0.514 e. The number of carbonyl (C=O) groups excluding carboxylic acids is 1. The Balaban J connectivity index is 0.000000230. The van der Waals surface area contributed by atoms with E-state index in [1.54, 1.807) is 60.5 Å². The molecular weight excluding hydrogens is 2460 g/mol. The fourth-order valence-electron chi connectivity index (χ4n) is 11.1. The molecule has 0 saturated carbocycles. The summed E-state index contributed by atoms with van der Waals surface area (Å²) in [5, 5.41) is 16.9. The van der Waals surface area contributed by atoms with E-state index in [0.717, 1.165) is 78.5 Å². The van der Waals surface area contributed by atoms with Crippen LogP contribution < -0.4 is 4.90 Å². The van der Waals surface area contributed by atoms with Crippen LogP contribution in [0.5, 0.6) is 0 Å². The third kappa shape index (κ3) is 25.2. The number of furan rings is 1. The van der Waals surface area contributed by atoms with Crippen LogP contribution in [0, 0.1) is 43.1 Å². The first-order chi connectivity index (χ1) is 50.1. The summed E-state index contributed by atoms with van der Waals surface area (Å²) >= 11 is 1.66. The van der Waals surface area contributed by atoms with Gasteiger partial charge in [0.1, 0.15) is 5.58 Å². The minimum absolute atomic E-state index is 0. The summed E-state index contributed by atoms with van der Waals surface area (Å²) in [4.78, 5) is 31.9. The van der Waals surface area contributed by atoms with Gasteiger partial charge in [-0.1, -0.05) is 157 Å². The third-order valence-electron chi connectivity index (χ3n) is 16.0. The molecule has 0 spiro atoms. The van der Waals surface area contributed by atoms with Gasteiger partial charge in [0.2, 0.25) is 0 Å². The van der Waals surface area contributed by atoms with Gasteiger partial charge in [-0.2, -0.15) is 67.4 Å². The summed E-state index contributed by atoms with van der Waals surface area (Å²) in [6.07, 6.45) is 11.6. The third-order valence-corrected chi connectivity index (χ3v) is 16.8. The summed E-state index contributed by atoms with van der Waals surface area (Å²) in [6, 6.07) is 98.1. The number of thiophene rings is 1. The SMILES string of the molecule is CC(=O)C=C(C)O.CC1(C)c2ccccc2-c2c[c-]c(-n3cccn3)cc21.CN1C=CN(c2[c-]ccc3c2oc2ccccc23)[CH-]1.FC(F)(F)c1c[c-]c(-c2ccccn2)cc1.[Ir].[Ir].[Ir].[Ir].[Ir].[Pt].[c-]1ccc(-c2ccccc2)cc1-c1ccccn1.[c-]1ccccc1-c1ccccn1.[c-]1ccsc1-c1ccccn1. The molecule has 1 N–H and O–H groups in total. The predicted octanol–water partition coefficient (Wildman–Crippen LogP) is 21.7. The second-order valence-electron chi connectivity index (χ2n) is 23.7. The van der Waals surface area contributed by atoms with E-state index >= 15 is 0 Å². The molecule has 109 heavy (non-hydrogen) atoms. The van der Waals surface area contributed by atoms with Gasteiger partial charge in [-0.3, -0.25) is 9.48 Å². The second kappa shape index (κ2) is 44.9. The van der Waals surface area contributed by atoms with Crippen molar-refractivity contribution in [3.8, 4) is 72.3 Å². The van der Waals surface area contributed by atoms with E-state index in [1.807, 2.05) is 198 Å². The molecule has 1 aliphatic carbocycles. The Kier molecular flexibility index (Phi) is 37.4. The minimum atomic E-state index is -4.32. The number of carbonyl (C=O) groups is 1. The molecule has 1 aliphatic heterocycles. The van der Waals surface area contributed by atoms with E-state index in [4.69, 9.17) is 9.52 Å². The number of allylic oxidation sites excluding steroid dienone is 2. The smallest absolute Gasteiger partial charge is 0.381 e. The van der Waals surface area contributed by atoms with Gasteiger partial charge in [-0.05, 0) is 120 Å². The van der Waals surface area contributed by atoms with Gasteiger partial charge in [-0.25, -0.2) is 11.3 Å². The van der Waals surface area contributed by atoms with E-state index in [2.05, 4.69) is 142 Å². The zero-order valence-electron chi connectivity index (χ0n) is 58.9. The van der Waals surface area contributed by atoms with Crippen LogP contribution in [0.2, 0.25) is 0 Å². The Hall–Kier alpha value is -8.65. The van der Waals surface area contributed by atoms with Crippen LogP contribution in [0.4, 0.5) is 18.9 Å². The van der Waals surface area contributed by atoms with Crippen molar-refractivity contribution in [2.24, 2.45) is 0 Å². The van der Waals surface area contributed by atoms with Gasteiger partial charge >= 0.3 is 6.18 Å². The Bertz CT molecular complexity index is 5140. The summed E-state index contributed by atoms with van der Waals surface area (Å²) in [6.45, 7) is 9.41. The fraction of sp³-hybridized carbons (Fsp3) is 0.0795. The summed E-state index contributed by atoms with van der Waals surface area (Å²) < 4.78 is 44.7. The zero-order valence-corrected chi connectivity index (χ0v) is 74.0. The van der Waals surface area contributed by atoms with Crippen LogP contribution in [0.1, 0.15) is 44.4 Å². The van der Waals surface area contributed by atoms with E-state index in [9.17, 15) is 18.0 Å². The van der Waals surface area contributed by atoms with Gasteiger partial charge in [0.05, 0.1) is 5.76 Å². The topological polar surface area (TPSA) is 126 Å². The van der Waals surface area contributed by atoms with Crippen molar-refractivity contribution in [3.05, 3.63) is 375 Å². The molecule has 7 aromatic heterocycles. The maximum absolute atomic E-state index is 12.3. The Morgan fingerprint density at radius 3 is 1.69 bits per heavy atom. The number of ketones is 1. The number of aliphatic hydroxyl groups is 1. The number of nitrogens with zero attached hydrogens (tertiary/aromatic N) is 8. The number of para-hydroxylation sites is 1. The predicted molar refractivity (Wildman–Crippen MR) is 406 cm³/mol. The number of hydrogen-bond acceptors (Lipinski definition) is 11. The van der Waals surface area contributed by atoms with Gasteiger partial charge in [0, 0.05) is 176 Å². The number of hydrogen-bond donors (Lipinski definition) is 1. The first kappa shape index (κ1) is 91.0. The van der Waals surface area contributed by atoms with Crippen LogP contribution in [0.3, 0.4) is 0 Å². The molecule has 2 aliphatic rings. The molecule has 0 fully saturated rings. The van der Waals surface area contributed by atoms with E-state index in [-0.39, 0.29) is 139 Å². The van der Waals surface area contributed by atoms with Crippen LogP contribution >= 0.6 is 11.3 Å². The van der Waals surface area contributed by atoms with Crippen LogP contribution in [0.25, 0.3) is 94.2 Å². The summed E-state index contributed by atoms with van der Waals surface area (Å²) in [5.41, 5.74) is 17.0. The summed E-state index contributed by atoms with van der Waals surface area (Å²) in [5.74, 6) is -0.0625. The number of aromatic nitrogens is 6. The molecule has 17 rings (SSSR count). The Morgan fingerprint density at radius 1 is 0.541 bits per heavy atom. The molecule has 0 amide bonds. The van der Waals surface area contributed by atoms with Crippen molar-refractivity contribution >= 4 is 44.7 Å². The molecule has 0 unspecified atom stereocenters. The van der Waals surface area contributed by atoms with Crippen molar-refractivity contribution in [2.75, 3.05) is 11.9 Å². The number of alkyl halides is 3. The number of anilines is 1. The van der Waals surface area contributed by atoms with Crippen LogP contribution in [-0.4, -0.2) is 52.6 Å². The number of fused-ring (bicyclic) bond motifs is 6. The first-order valence-electron chi connectivity index (χ1n) is 32.7. The quantitative estimate of drug-likeness (QED) is 0.0893. The average molecular weight is 2530 g/mol. The molecule has 0 atom stereocenters. The van der Waals surface area contributed by atoms with Gasteiger partial charge in [-0.15, -0.1) is 124 Å². The van der Waals surface area contributed by atoms with Crippen LogP contribution in [-0.2, 0) is 138 Å². The van der Waals surface area contributed by atoms with Gasteiger partial charge in [0.25, 0.3) is 0 Å². The molecule has 0 bridgehead atoms.